The molecule has 7 nitrogen and oxygen atoms in total. The van der Waals surface area contributed by atoms with E-state index >= 15 is 0 Å². The Morgan fingerprint density at radius 2 is 1.09 bits per heavy atom. The highest BCUT2D eigenvalue weighted by Crippen LogP contribution is 2.61. The predicted octanol–water partition coefficient (Wildman–Crippen LogP) is 16.0. The maximum Gasteiger partial charge on any atom is 0.346 e. The fourth-order valence-electron chi connectivity index (χ4n) is 8.61. The van der Waals surface area contributed by atoms with Crippen LogP contribution in [0, 0.1) is 11.3 Å². The maximum absolute atomic E-state index is 11.9. The highest BCUT2D eigenvalue weighted by Gasteiger charge is 2.34. The Morgan fingerprint density at radius 1 is 0.582 bits per heavy atom. The van der Waals surface area contributed by atoms with Crippen molar-refractivity contribution in [1.82, 2.24) is 0 Å². The van der Waals surface area contributed by atoms with Gasteiger partial charge in [-0.1, -0.05) is 137 Å². The second-order valence-corrected chi connectivity index (χ2v) is 20.9. The fourth-order valence-corrected chi connectivity index (χ4v) is 13.7. The van der Waals surface area contributed by atoms with E-state index in [1.54, 1.807) is 17.4 Å². The molecule has 1 N–H and O–H groups in total. The molecule has 9 rings (SSSR count). The molecule has 2 aliphatic rings. The van der Waals surface area contributed by atoms with Gasteiger partial charge in [-0.25, -0.2) is 4.79 Å². The topological polar surface area (TPSA) is 98.0 Å². The zero-order valence-corrected chi connectivity index (χ0v) is 41.1. The lowest BCUT2D eigenvalue weighted by Gasteiger charge is -2.18. The Hall–Kier alpha value is -5.90. The summed E-state index contributed by atoms with van der Waals surface area (Å²) in [6.45, 7) is 6.04. The number of hydrogen-bond acceptors (Lipinski definition) is 10. The molecule has 7 aromatic rings. The molecule has 0 bridgehead atoms. The third-order valence-electron chi connectivity index (χ3n) is 12.0. The van der Waals surface area contributed by atoms with E-state index < -0.39 is 5.97 Å². The Kier molecular flexibility index (Phi) is 15.0. The lowest BCUT2D eigenvalue weighted by Crippen LogP contribution is -2.15. The molecule has 3 aromatic carbocycles. The molecule has 67 heavy (non-hydrogen) atoms. The third kappa shape index (κ3) is 10.3. The summed E-state index contributed by atoms with van der Waals surface area (Å²) in [5.74, 6) is 1.06. The lowest BCUT2D eigenvalue weighted by atomic mass is 9.95. The van der Waals surface area contributed by atoms with E-state index in [9.17, 15) is 15.2 Å². The number of hydrogen-bond donors (Lipinski definition) is 1. The summed E-state index contributed by atoms with van der Waals surface area (Å²) in [4.78, 5) is 20.1. The van der Waals surface area contributed by atoms with Gasteiger partial charge in [0, 0.05) is 19.5 Å². The summed E-state index contributed by atoms with van der Waals surface area (Å²) >= 11 is 6.68. The van der Waals surface area contributed by atoms with Crippen molar-refractivity contribution in [1.29, 1.82) is 5.26 Å². The summed E-state index contributed by atoms with van der Waals surface area (Å²) in [6, 6.07) is 37.0. The third-order valence-corrected chi connectivity index (χ3v) is 17.2. The number of benzene rings is 3. The van der Waals surface area contributed by atoms with Crippen LogP contribution in [0.5, 0.6) is 23.0 Å². The first kappa shape index (κ1) is 46.2. The molecule has 0 fully saturated rings. The van der Waals surface area contributed by atoms with Gasteiger partial charge < -0.3 is 24.1 Å². The van der Waals surface area contributed by atoms with Gasteiger partial charge in [0.05, 0.1) is 19.5 Å². The molecule has 0 radical (unpaired) electrons. The van der Waals surface area contributed by atoms with Crippen LogP contribution in [0.1, 0.15) is 97.9 Å². The molecule has 0 unspecified atom stereocenters. The summed E-state index contributed by atoms with van der Waals surface area (Å²) in [5.41, 5.74) is 8.38. The summed E-state index contributed by atoms with van der Waals surface area (Å²) in [6.07, 6.45) is 15.2. The zero-order valence-electron chi connectivity index (χ0n) is 37.9. The zero-order chi connectivity index (χ0) is 46.1. The SMILES string of the molecule is CCCCCCc1cc(-c2sc(-c3sc(-c4sc(/C=C(/C#N)C(=O)O)c5c4OCCO5)c4c3OCCO4)cc2CCCCCC)sc1-c1ccc(C=C(c2ccccc2)c2ccccc2)cc1. The smallest absolute Gasteiger partial charge is 0.346 e. The number of aryl methyl sites for hydroxylation is 2. The van der Waals surface area contributed by atoms with E-state index in [0.29, 0.717) is 48.6 Å². The van der Waals surface area contributed by atoms with Crippen LogP contribution in [-0.4, -0.2) is 37.5 Å². The fraction of sp³-hybridized carbons (Fsp3) is 0.286. The number of fused-ring (bicyclic) bond motifs is 2. The molecule has 2 aliphatic heterocycles. The van der Waals surface area contributed by atoms with Crippen molar-refractivity contribution in [3.63, 3.8) is 0 Å². The van der Waals surface area contributed by atoms with E-state index in [4.69, 9.17) is 18.9 Å². The molecule has 11 heteroatoms. The van der Waals surface area contributed by atoms with Gasteiger partial charge in [-0.05, 0) is 88.9 Å². The van der Waals surface area contributed by atoms with Gasteiger partial charge in [-0.2, -0.15) is 5.26 Å². The van der Waals surface area contributed by atoms with Gasteiger partial charge in [-0.3, -0.25) is 0 Å². The van der Waals surface area contributed by atoms with Gasteiger partial charge in [0.2, 0.25) is 0 Å². The van der Waals surface area contributed by atoms with Gasteiger partial charge in [0.25, 0.3) is 0 Å². The lowest BCUT2D eigenvalue weighted by molar-refractivity contribution is -0.132. The maximum atomic E-state index is 11.9. The van der Waals surface area contributed by atoms with Crippen molar-refractivity contribution in [2.24, 2.45) is 0 Å². The van der Waals surface area contributed by atoms with Crippen LogP contribution in [0.2, 0.25) is 0 Å². The Bertz CT molecular complexity index is 2890. The van der Waals surface area contributed by atoms with Crippen molar-refractivity contribution in [3.05, 3.63) is 135 Å². The number of carboxylic acid groups (broad SMARTS) is 1. The van der Waals surface area contributed by atoms with Gasteiger partial charge in [-0.15, -0.1) is 45.3 Å². The van der Waals surface area contributed by atoms with E-state index in [0.717, 1.165) is 56.5 Å². The normalized spacial score (nSPS) is 13.1. The predicted molar refractivity (Wildman–Crippen MR) is 278 cm³/mol. The number of nitriles is 1. The molecule has 0 saturated carbocycles. The van der Waals surface area contributed by atoms with Crippen LogP contribution in [0.25, 0.3) is 57.4 Å². The second-order valence-electron chi connectivity index (χ2n) is 16.7. The standard InChI is InChI=1S/C56H53NO6S4/c1-3-5-7-11-21-40-32-45(65-51(40)39-25-23-36(24-26-39)31-43(37-17-13-9-14-18-37)38-19-15-10-16-20-38)52-41(22-12-8-6-4-2)33-46(66-52)53-49-50(63-30-29-62-49)55(67-53)54-48-47(60-27-28-61-48)44(64-54)34-42(35-57)56(58)59/h9-10,13-20,23-26,31-34H,3-8,11-12,21-22,27-30H2,1-2H3,(H,58,59)/b42-34-. The monoisotopic (exact) mass is 963 g/mol. The van der Waals surface area contributed by atoms with E-state index in [-0.39, 0.29) is 5.57 Å². The van der Waals surface area contributed by atoms with Crippen molar-refractivity contribution in [3.8, 4) is 68.8 Å². The Balaban J connectivity index is 1.11. The molecule has 0 aliphatic carbocycles. The molecule has 0 amide bonds. The number of thiophene rings is 4. The highest BCUT2D eigenvalue weighted by atomic mass is 32.1. The number of carboxylic acids is 1. The van der Waals surface area contributed by atoms with Gasteiger partial charge >= 0.3 is 5.97 Å². The van der Waals surface area contributed by atoms with Crippen molar-refractivity contribution in [2.45, 2.75) is 78.1 Å². The number of rotatable bonds is 19. The van der Waals surface area contributed by atoms with Crippen LogP contribution in [0.15, 0.2) is 103 Å². The molecule has 6 heterocycles. The summed E-state index contributed by atoms with van der Waals surface area (Å²) in [5, 5.41) is 19.3. The largest absolute Gasteiger partial charge is 0.485 e. The van der Waals surface area contributed by atoms with Crippen molar-refractivity contribution in [2.75, 3.05) is 26.4 Å². The minimum Gasteiger partial charge on any atom is -0.485 e. The van der Waals surface area contributed by atoms with Crippen LogP contribution in [0.4, 0.5) is 0 Å². The van der Waals surface area contributed by atoms with Crippen LogP contribution >= 0.6 is 45.3 Å². The van der Waals surface area contributed by atoms with Gasteiger partial charge in [0.15, 0.2) is 23.0 Å². The minimum atomic E-state index is -1.29. The molecule has 0 saturated heterocycles. The van der Waals surface area contributed by atoms with E-state index in [1.807, 2.05) is 22.7 Å². The average Bonchev–Trinajstić information content (AvgIpc) is 4.17. The molecule has 0 spiro atoms. The number of aliphatic carboxylic acids is 1. The molecule has 4 aromatic heterocycles. The number of ether oxygens (including phenoxy) is 4. The van der Waals surface area contributed by atoms with E-state index in [1.165, 1.54) is 104 Å². The van der Waals surface area contributed by atoms with Crippen molar-refractivity contribution < 1.29 is 28.8 Å². The Labute approximate surface area is 409 Å². The minimum absolute atomic E-state index is 0.323. The number of nitrogens with zero attached hydrogens (tertiary/aromatic N) is 1. The summed E-state index contributed by atoms with van der Waals surface area (Å²) < 4.78 is 25.1. The molecular weight excluding hydrogens is 911 g/mol. The van der Waals surface area contributed by atoms with E-state index in [2.05, 4.69) is 117 Å². The first-order valence-electron chi connectivity index (χ1n) is 23.3. The van der Waals surface area contributed by atoms with Crippen LogP contribution < -0.4 is 18.9 Å². The average molecular weight is 964 g/mol. The molecule has 0 atom stereocenters. The van der Waals surface area contributed by atoms with Crippen molar-refractivity contribution >= 4 is 69.0 Å². The molecule has 342 valence electrons. The quantitative estimate of drug-likeness (QED) is 0.0373. The number of carbonyl (C=O) groups is 1. The molecular formula is C56H53NO6S4. The Morgan fingerprint density at radius 3 is 1.66 bits per heavy atom. The first-order chi connectivity index (χ1) is 32.9. The highest BCUT2D eigenvalue weighted by molar-refractivity contribution is 7.29. The first-order valence-corrected chi connectivity index (χ1v) is 26.6. The summed E-state index contributed by atoms with van der Waals surface area (Å²) in [7, 11) is 0. The van der Waals surface area contributed by atoms with Gasteiger partial charge in [0.1, 0.15) is 38.1 Å². The second kappa shape index (κ2) is 21.8. The number of unbranched alkanes of at least 4 members (excludes halogenated alkanes) is 6. The van der Waals surface area contributed by atoms with Crippen LogP contribution in [-0.2, 0) is 17.6 Å². The van der Waals surface area contributed by atoms with Crippen LogP contribution in [0.3, 0.4) is 0 Å².